The van der Waals surface area contributed by atoms with Gasteiger partial charge in [-0.3, -0.25) is 9.10 Å². The van der Waals surface area contributed by atoms with E-state index in [4.69, 9.17) is 4.74 Å². The lowest BCUT2D eigenvalue weighted by Crippen LogP contribution is -2.41. The van der Waals surface area contributed by atoms with Crippen molar-refractivity contribution in [1.29, 1.82) is 0 Å². The van der Waals surface area contributed by atoms with Crippen LogP contribution in [0.25, 0.3) is 0 Å². The highest BCUT2D eigenvalue weighted by Crippen LogP contribution is 2.25. The van der Waals surface area contributed by atoms with Gasteiger partial charge >= 0.3 is 0 Å². The minimum Gasteiger partial charge on any atom is -0.494 e. The van der Waals surface area contributed by atoms with Crippen molar-refractivity contribution >= 4 is 21.6 Å². The van der Waals surface area contributed by atoms with E-state index < -0.39 is 28.3 Å². The van der Waals surface area contributed by atoms with Gasteiger partial charge in [-0.2, -0.15) is 0 Å². The Morgan fingerprint density at radius 3 is 2.24 bits per heavy atom. The zero-order chi connectivity index (χ0) is 23.8. The molecule has 0 aromatic heterocycles. The van der Waals surface area contributed by atoms with Gasteiger partial charge in [0.25, 0.3) is 10.0 Å². The monoisotopic (exact) mass is 470 g/mol. The number of sulfonamides is 1. The molecule has 3 rings (SSSR count). The van der Waals surface area contributed by atoms with E-state index >= 15 is 0 Å². The predicted octanol–water partition coefficient (Wildman–Crippen LogP) is 4.34. The Bertz CT molecular complexity index is 1150. The highest BCUT2D eigenvalue weighted by Gasteiger charge is 2.27. The molecule has 0 heterocycles. The highest BCUT2D eigenvalue weighted by molar-refractivity contribution is 7.92. The van der Waals surface area contributed by atoms with Crippen LogP contribution in [0, 0.1) is 5.82 Å². The zero-order valence-electron chi connectivity index (χ0n) is 18.6. The van der Waals surface area contributed by atoms with E-state index in [1.54, 1.807) is 12.1 Å². The van der Waals surface area contributed by atoms with Crippen molar-refractivity contribution in [3.05, 3.63) is 90.2 Å². The largest absolute Gasteiger partial charge is 0.494 e. The Balaban J connectivity index is 1.80. The van der Waals surface area contributed by atoms with Crippen LogP contribution in [0.2, 0.25) is 0 Å². The van der Waals surface area contributed by atoms with Gasteiger partial charge in [-0.05, 0) is 66.9 Å². The third-order valence-corrected chi connectivity index (χ3v) is 6.89. The SMILES string of the molecule is CCOc1ccc(S(=O)(=O)N(CC(=O)NC[C@H](C)c2ccccc2)c2ccc(F)cc2)cc1. The maximum absolute atomic E-state index is 13.5. The summed E-state index contributed by atoms with van der Waals surface area (Å²) >= 11 is 0. The fraction of sp³-hybridized carbons (Fsp3) is 0.240. The van der Waals surface area contributed by atoms with E-state index in [9.17, 15) is 17.6 Å². The molecule has 1 amide bonds. The molecule has 1 N–H and O–H groups in total. The Kier molecular flexibility index (Phi) is 8.06. The van der Waals surface area contributed by atoms with Gasteiger partial charge in [0, 0.05) is 6.54 Å². The Morgan fingerprint density at radius 1 is 1.00 bits per heavy atom. The standard InChI is InChI=1S/C25H27FN2O4S/c1-3-32-23-13-15-24(16-14-23)33(30,31)28(22-11-9-21(26)10-12-22)18-25(29)27-17-19(2)20-7-5-4-6-8-20/h4-16,19H,3,17-18H2,1-2H3,(H,27,29)/t19-/m0/s1. The molecule has 0 aliphatic rings. The van der Waals surface area contributed by atoms with Crippen LogP contribution in [-0.4, -0.2) is 34.0 Å². The molecule has 8 heteroatoms. The Morgan fingerprint density at radius 2 is 1.64 bits per heavy atom. The van der Waals surface area contributed by atoms with Crippen molar-refractivity contribution in [1.82, 2.24) is 5.32 Å². The topological polar surface area (TPSA) is 75.7 Å². The normalized spacial score (nSPS) is 12.1. The number of hydrogen-bond donors (Lipinski definition) is 1. The number of halogens is 1. The number of nitrogens with zero attached hydrogens (tertiary/aromatic N) is 1. The summed E-state index contributed by atoms with van der Waals surface area (Å²) in [5.41, 5.74) is 1.26. The lowest BCUT2D eigenvalue weighted by molar-refractivity contribution is -0.119. The number of carbonyl (C=O) groups excluding carboxylic acids is 1. The molecule has 6 nitrogen and oxygen atoms in total. The second-order valence-corrected chi connectivity index (χ2v) is 9.37. The lowest BCUT2D eigenvalue weighted by atomic mass is 10.0. The van der Waals surface area contributed by atoms with E-state index in [2.05, 4.69) is 5.32 Å². The number of carbonyl (C=O) groups is 1. The van der Waals surface area contributed by atoms with Crippen LogP contribution in [-0.2, 0) is 14.8 Å². The second-order valence-electron chi connectivity index (χ2n) is 7.51. The Labute approximate surface area is 194 Å². The first-order valence-electron chi connectivity index (χ1n) is 10.6. The van der Waals surface area contributed by atoms with Crippen LogP contribution in [0.4, 0.5) is 10.1 Å². The van der Waals surface area contributed by atoms with Gasteiger partial charge < -0.3 is 10.1 Å². The molecule has 174 valence electrons. The molecule has 0 saturated heterocycles. The molecule has 3 aromatic rings. The molecule has 0 radical (unpaired) electrons. The molecule has 0 spiro atoms. The highest BCUT2D eigenvalue weighted by atomic mass is 32.2. The van der Waals surface area contributed by atoms with Gasteiger partial charge in [0.1, 0.15) is 18.1 Å². The number of amides is 1. The first kappa shape index (κ1) is 24.3. The minimum atomic E-state index is -4.09. The molecule has 1 atom stereocenters. The third-order valence-electron chi connectivity index (χ3n) is 5.10. The lowest BCUT2D eigenvalue weighted by Gasteiger charge is -2.24. The number of rotatable bonds is 10. The summed E-state index contributed by atoms with van der Waals surface area (Å²) in [6.45, 7) is 4.17. The molecule has 3 aromatic carbocycles. The van der Waals surface area contributed by atoms with E-state index in [0.29, 0.717) is 18.9 Å². The molecule has 0 aliphatic heterocycles. The summed E-state index contributed by atoms with van der Waals surface area (Å²) in [4.78, 5) is 12.7. The number of benzene rings is 3. The zero-order valence-corrected chi connectivity index (χ0v) is 19.4. The van der Waals surface area contributed by atoms with Gasteiger partial charge in [-0.1, -0.05) is 37.3 Å². The first-order valence-corrected chi connectivity index (χ1v) is 12.1. The molecule has 0 aliphatic carbocycles. The van der Waals surface area contributed by atoms with Crippen LogP contribution in [0.5, 0.6) is 5.75 Å². The number of ether oxygens (including phenoxy) is 1. The summed E-state index contributed by atoms with van der Waals surface area (Å²) < 4.78 is 46.6. The molecular weight excluding hydrogens is 443 g/mol. The van der Waals surface area contributed by atoms with E-state index in [1.165, 1.54) is 24.3 Å². The minimum absolute atomic E-state index is 0.000677. The molecule has 0 saturated carbocycles. The van der Waals surface area contributed by atoms with Crippen molar-refractivity contribution in [2.45, 2.75) is 24.7 Å². The third kappa shape index (κ3) is 6.32. The first-order chi connectivity index (χ1) is 15.8. The summed E-state index contributed by atoms with van der Waals surface area (Å²) in [6, 6.07) is 20.7. The smallest absolute Gasteiger partial charge is 0.264 e. The quantitative estimate of drug-likeness (QED) is 0.478. The molecule has 0 fully saturated rings. The molecule has 0 unspecified atom stereocenters. The van der Waals surface area contributed by atoms with Crippen LogP contribution >= 0.6 is 0 Å². The van der Waals surface area contributed by atoms with Gasteiger partial charge in [-0.15, -0.1) is 0 Å². The van der Waals surface area contributed by atoms with E-state index in [0.717, 1.165) is 22.0 Å². The van der Waals surface area contributed by atoms with Crippen molar-refractivity contribution in [2.24, 2.45) is 0 Å². The van der Waals surface area contributed by atoms with Crippen molar-refractivity contribution in [3.8, 4) is 5.75 Å². The van der Waals surface area contributed by atoms with Gasteiger partial charge in [0.2, 0.25) is 5.91 Å². The van der Waals surface area contributed by atoms with E-state index in [-0.39, 0.29) is 16.5 Å². The summed E-state index contributed by atoms with van der Waals surface area (Å²) in [5, 5.41) is 2.80. The molecular formula is C25H27FN2O4S. The summed E-state index contributed by atoms with van der Waals surface area (Å²) in [5.74, 6) is -0.371. The maximum Gasteiger partial charge on any atom is 0.264 e. The summed E-state index contributed by atoms with van der Waals surface area (Å²) in [7, 11) is -4.09. The molecule has 33 heavy (non-hydrogen) atoms. The fourth-order valence-corrected chi connectivity index (χ4v) is 4.70. The predicted molar refractivity (Wildman–Crippen MR) is 126 cm³/mol. The molecule has 0 bridgehead atoms. The van der Waals surface area contributed by atoms with E-state index in [1.807, 2.05) is 44.2 Å². The van der Waals surface area contributed by atoms with Crippen LogP contribution in [0.1, 0.15) is 25.3 Å². The fourth-order valence-electron chi connectivity index (χ4n) is 3.28. The van der Waals surface area contributed by atoms with Gasteiger partial charge in [0.05, 0.1) is 17.2 Å². The van der Waals surface area contributed by atoms with Crippen molar-refractivity contribution in [3.63, 3.8) is 0 Å². The summed E-state index contributed by atoms with van der Waals surface area (Å²) in [6.07, 6.45) is 0. The average Bonchev–Trinajstić information content (AvgIpc) is 2.83. The number of nitrogens with one attached hydrogen (secondary N) is 1. The van der Waals surface area contributed by atoms with Crippen LogP contribution in [0.15, 0.2) is 83.8 Å². The van der Waals surface area contributed by atoms with Crippen molar-refractivity contribution < 1.29 is 22.3 Å². The Hall–Kier alpha value is -3.39. The average molecular weight is 471 g/mol. The number of anilines is 1. The number of hydrogen-bond acceptors (Lipinski definition) is 4. The van der Waals surface area contributed by atoms with Crippen molar-refractivity contribution in [2.75, 3.05) is 24.0 Å². The van der Waals surface area contributed by atoms with Gasteiger partial charge in [0.15, 0.2) is 0 Å². The van der Waals surface area contributed by atoms with Crippen LogP contribution in [0.3, 0.4) is 0 Å². The second kappa shape index (κ2) is 11.0. The van der Waals surface area contributed by atoms with Gasteiger partial charge in [-0.25, -0.2) is 12.8 Å². The maximum atomic E-state index is 13.5. The van der Waals surface area contributed by atoms with Crippen LogP contribution < -0.4 is 14.4 Å².